The summed E-state index contributed by atoms with van der Waals surface area (Å²) in [6, 6.07) is -0.434. The molecule has 0 spiro atoms. The zero-order valence-electron chi connectivity index (χ0n) is 12.1. The first-order valence-electron chi connectivity index (χ1n) is 7.02. The van der Waals surface area contributed by atoms with Crippen LogP contribution in [0.2, 0.25) is 0 Å². The number of carboxylic acids is 1. The minimum atomic E-state index is -0.931. The van der Waals surface area contributed by atoms with Crippen LogP contribution in [0.25, 0.3) is 0 Å². The van der Waals surface area contributed by atoms with Crippen molar-refractivity contribution in [2.24, 2.45) is 5.92 Å². The van der Waals surface area contributed by atoms with E-state index in [0.717, 1.165) is 18.0 Å². The fraction of sp³-hybridized carbons (Fsp3) is 0.692. The van der Waals surface area contributed by atoms with Crippen molar-refractivity contribution >= 4 is 23.4 Å². The lowest BCUT2D eigenvalue weighted by Crippen LogP contribution is -2.46. The number of likely N-dealkylation sites (N-methyl/N-ethyl adjacent to an activating group) is 1. The highest BCUT2D eigenvalue weighted by atomic mass is 32.1. The summed E-state index contributed by atoms with van der Waals surface area (Å²) in [5, 5.41) is 13.2. The standard InChI is InChI=1S/C13H19N3O4S/c1-3-5-9-11(21-15-14-9)12(17)16(4-2)10-7-20-6-8(10)13(18)19/h8,10H,3-7H2,1-2H3,(H,18,19). The number of carbonyl (C=O) groups is 2. The summed E-state index contributed by atoms with van der Waals surface area (Å²) >= 11 is 1.07. The van der Waals surface area contributed by atoms with Gasteiger partial charge in [-0.2, -0.15) is 0 Å². The summed E-state index contributed by atoms with van der Waals surface area (Å²) in [6.45, 7) is 4.68. The second kappa shape index (κ2) is 6.95. The maximum Gasteiger partial charge on any atom is 0.311 e. The fourth-order valence-electron chi connectivity index (χ4n) is 2.52. The second-order valence-electron chi connectivity index (χ2n) is 4.94. The van der Waals surface area contributed by atoms with Crippen LogP contribution < -0.4 is 0 Å². The van der Waals surface area contributed by atoms with E-state index in [1.165, 1.54) is 0 Å². The van der Waals surface area contributed by atoms with E-state index in [4.69, 9.17) is 4.74 Å². The van der Waals surface area contributed by atoms with Crippen LogP contribution >= 0.6 is 11.5 Å². The Kier molecular flexibility index (Phi) is 5.24. The zero-order chi connectivity index (χ0) is 15.4. The molecule has 1 aliphatic heterocycles. The molecule has 21 heavy (non-hydrogen) atoms. The highest BCUT2D eigenvalue weighted by Crippen LogP contribution is 2.24. The molecule has 2 rings (SSSR count). The van der Waals surface area contributed by atoms with E-state index in [1.54, 1.807) is 4.90 Å². The van der Waals surface area contributed by atoms with E-state index in [-0.39, 0.29) is 19.1 Å². The lowest BCUT2D eigenvalue weighted by molar-refractivity contribution is -0.142. The Labute approximate surface area is 127 Å². The molecule has 8 heteroatoms. The molecule has 0 aliphatic carbocycles. The van der Waals surface area contributed by atoms with Crippen molar-refractivity contribution in [2.75, 3.05) is 19.8 Å². The zero-order valence-corrected chi connectivity index (χ0v) is 12.9. The number of aromatic nitrogens is 2. The van der Waals surface area contributed by atoms with Crippen LogP contribution in [0, 0.1) is 5.92 Å². The fourth-order valence-corrected chi connectivity index (χ4v) is 3.18. The van der Waals surface area contributed by atoms with Crippen LogP contribution in [0.5, 0.6) is 0 Å². The first-order chi connectivity index (χ1) is 10.1. The molecule has 0 radical (unpaired) electrons. The summed E-state index contributed by atoms with van der Waals surface area (Å²) in [4.78, 5) is 26.0. The first kappa shape index (κ1) is 15.8. The van der Waals surface area contributed by atoms with E-state index in [0.29, 0.717) is 23.5 Å². The van der Waals surface area contributed by atoms with Gasteiger partial charge in [0, 0.05) is 6.54 Å². The van der Waals surface area contributed by atoms with Gasteiger partial charge in [0.05, 0.1) is 24.9 Å². The number of aliphatic carboxylic acids is 1. The maximum atomic E-state index is 12.7. The SMILES string of the molecule is CCCc1nnsc1C(=O)N(CC)C1COCC1C(=O)O. The minimum absolute atomic E-state index is 0.145. The molecule has 2 unspecified atom stereocenters. The summed E-state index contributed by atoms with van der Waals surface area (Å²) in [5.74, 6) is -1.80. The van der Waals surface area contributed by atoms with Gasteiger partial charge < -0.3 is 14.7 Å². The van der Waals surface area contributed by atoms with Gasteiger partial charge in [-0.05, 0) is 24.9 Å². The van der Waals surface area contributed by atoms with Gasteiger partial charge in [-0.25, -0.2) is 0 Å². The van der Waals surface area contributed by atoms with Crippen LogP contribution in [0.4, 0.5) is 0 Å². The van der Waals surface area contributed by atoms with Gasteiger partial charge in [0.25, 0.3) is 5.91 Å². The highest BCUT2D eigenvalue weighted by molar-refractivity contribution is 7.08. The molecule has 1 aromatic heterocycles. The normalized spacial score (nSPS) is 21.4. The van der Waals surface area contributed by atoms with Crippen molar-refractivity contribution in [3.8, 4) is 0 Å². The van der Waals surface area contributed by atoms with Crippen molar-refractivity contribution < 1.29 is 19.4 Å². The van der Waals surface area contributed by atoms with Crippen molar-refractivity contribution in [1.82, 2.24) is 14.5 Å². The smallest absolute Gasteiger partial charge is 0.311 e. The Morgan fingerprint density at radius 1 is 1.43 bits per heavy atom. The molecule has 7 nitrogen and oxygen atoms in total. The summed E-state index contributed by atoms with van der Waals surface area (Å²) in [5.41, 5.74) is 0.691. The van der Waals surface area contributed by atoms with Crippen molar-refractivity contribution in [3.63, 3.8) is 0 Å². The number of carbonyl (C=O) groups excluding carboxylic acids is 1. The van der Waals surface area contributed by atoms with Gasteiger partial charge in [-0.3, -0.25) is 9.59 Å². The molecule has 2 atom stereocenters. The average molecular weight is 313 g/mol. The monoisotopic (exact) mass is 313 g/mol. The molecule has 1 amide bonds. The van der Waals surface area contributed by atoms with E-state index < -0.39 is 17.9 Å². The average Bonchev–Trinajstić information content (AvgIpc) is 3.08. The molecule has 0 bridgehead atoms. The molecule has 0 aromatic carbocycles. The molecule has 1 saturated heterocycles. The van der Waals surface area contributed by atoms with E-state index in [2.05, 4.69) is 9.59 Å². The highest BCUT2D eigenvalue weighted by Gasteiger charge is 2.40. The third kappa shape index (κ3) is 3.21. The van der Waals surface area contributed by atoms with E-state index in [1.807, 2.05) is 13.8 Å². The Bertz CT molecular complexity index is 519. The number of hydrogen-bond acceptors (Lipinski definition) is 6. The predicted molar refractivity (Wildman–Crippen MR) is 76.3 cm³/mol. The number of hydrogen-bond donors (Lipinski definition) is 1. The van der Waals surface area contributed by atoms with E-state index in [9.17, 15) is 14.7 Å². The number of carboxylic acid groups (broad SMARTS) is 1. The molecular formula is C13H19N3O4S. The van der Waals surface area contributed by atoms with Crippen LogP contribution in [0.3, 0.4) is 0 Å². The minimum Gasteiger partial charge on any atom is -0.481 e. The first-order valence-corrected chi connectivity index (χ1v) is 7.80. The van der Waals surface area contributed by atoms with Gasteiger partial charge in [0.2, 0.25) is 0 Å². The second-order valence-corrected chi connectivity index (χ2v) is 5.69. The van der Waals surface area contributed by atoms with Gasteiger partial charge in [0.1, 0.15) is 10.8 Å². The molecule has 1 N–H and O–H groups in total. The van der Waals surface area contributed by atoms with Crippen LogP contribution in [0.1, 0.15) is 35.6 Å². The number of aryl methyl sites for hydroxylation is 1. The lowest BCUT2D eigenvalue weighted by atomic mass is 10.0. The summed E-state index contributed by atoms with van der Waals surface area (Å²) in [7, 11) is 0. The van der Waals surface area contributed by atoms with Gasteiger partial charge in [0.15, 0.2) is 0 Å². The molecule has 1 aromatic rings. The molecule has 1 fully saturated rings. The molecular weight excluding hydrogens is 294 g/mol. The topological polar surface area (TPSA) is 92.6 Å². The van der Waals surface area contributed by atoms with Crippen LogP contribution in [0.15, 0.2) is 0 Å². The molecule has 1 aliphatic rings. The van der Waals surface area contributed by atoms with Crippen molar-refractivity contribution in [2.45, 2.75) is 32.7 Å². The Balaban J connectivity index is 2.22. The van der Waals surface area contributed by atoms with E-state index >= 15 is 0 Å². The van der Waals surface area contributed by atoms with Crippen LogP contribution in [-0.2, 0) is 16.0 Å². The third-order valence-corrected chi connectivity index (χ3v) is 4.36. The number of ether oxygens (including phenoxy) is 1. The van der Waals surface area contributed by atoms with Crippen LogP contribution in [-0.4, -0.2) is 57.3 Å². The Morgan fingerprint density at radius 2 is 2.19 bits per heavy atom. The summed E-state index contributed by atoms with van der Waals surface area (Å²) < 4.78 is 9.11. The number of amides is 1. The Morgan fingerprint density at radius 3 is 2.81 bits per heavy atom. The molecule has 0 saturated carbocycles. The lowest BCUT2D eigenvalue weighted by Gasteiger charge is -2.28. The maximum absolute atomic E-state index is 12.7. The molecule has 116 valence electrons. The van der Waals surface area contributed by atoms with Gasteiger partial charge >= 0.3 is 5.97 Å². The third-order valence-electron chi connectivity index (χ3n) is 3.61. The Hall–Kier alpha value is -1.54. The number of nitrogens with zero attached hydrogens (tertiary/aromatic N) is 3. The van der Waals surface area contributed by atoms with Gasteiger partial charge in [-0.15, -0.1) is 5.10 Å². The van der Waals surface area contributed by atoms with Crippen molar-refractivity contribution in [1.29, 1.82) is 0 Å². The number of rotatable bonds is 6. The van der Waals surface area contributed by atoms with Gasteiger partial charge in [-0.1, -0.05) is 17.8 Å². The largest absolute Gasteiger partial charge is 0.481 e. The quantitative estimate of drug-likeness (QED) is 0.844. The van der Waals surface area contributed by atoms with Crippen molar-refractivity contribution in [3.05, 3.63) is 10.6 Å². The predicted octanol–water partition coefficient (Wildman–Crippen LogP) is 1.05. The summed E-state index contributed by atoms with van der Waals surface area (Å²) in [6.07, 6.45) is 1.57. The molecule has 2 heterocycles.